The van der Waals surface area contributed by atoms with Gasteiger partial charge in [0.15, 0.2) is 0 Å². The second kappa shape index (κ2) is 5.46. The molecule has 0 radical (unpaired) electrons. The molecule has 0 spiro atoms. The van der Waals surface area contributed by atoms with Crippen molar-refractivity contribution in [3.63, 3.8) is 0 Å². The standard InChI is InChI=1S/C15H16N4S/c1-11(15-10-20-12(2)18-15)17-13-4-6-14(7-5-13)19-9-3-8-16-19/h3-11,17H,1-2H3. The molecule has 0 amide bonds. The van der Waals surface area contributed by atoms with Crippen molar-refractivity contribution in [2.75, 3.05) is 5.32 Å². The van der Waals surface area contributed by atoms with E-state index in [1.807, 2.05) is 36.0 Å². The van der Waals surface area contributed by atoms with Crippen molar-refractivity contribution in [1.82, 2.24) is 14.8 Å². The summed E-state index contributed by atoms with van der Waals surface area (Å²) in [4.78, 5) is 4.51. The molecule has 1 N–H and O–H groups in total. The topological polar surface area (TPSA) is 42.7 Å². The summed E-state index contributed by atoms with van der Waals surface area (Å²) in [5.74, 6) is 0. The Hall–Kier alpha value is -2.14. The van der Waals surface area contributed by atoms with Crippen LogP contribution < -0.4 is 5.32 Å². The van der Waals surface area contributed by atoms with Gasteiger partial charge in [-0.05, 0) is 44.2 Å². The van der Waals surface area contributed by atoms with E-state index in [1.54, 1.807) is 17.5 Å². The number of aromatic nitrogens is 3. The van der Waals surface area contributed by atoms with Gasteiger partial charge in [0.25, 0.3) is 0 Å². The van der Waals surface area contributed by atoms with Crippen LogP contribution in [0, 0.1) is 6.92 Å². The highest BCUT2D eigenvalue weighted by atomic mass is 32.1. The maximum absolute atomic E-state index is 4.51. The van der Waals surface area contributed by atoms with Crippen LogP contribution in [0.5, 0.6) is 0 Å². The molecule has 2 heterocycles. The highest BCUT2D eigenvalue weighted by Gasteiger charge is 2.08. The summed E-state index contributed by atoms with van der Waals surface area (Å²) in [7, 11) is 0. The first kappa shape index (κ1) is 12.9. The van der Waals surface area contributed by atoms with Crippen LogP contribution in [0.25, 0.3) is 5.69 Å². The Morgan fingerprint density at radius 2 is 2.05 bits per heavy atom. The van der Waals surface area contributed by atoms with Crippen molar-refractivity contribution < 1.29 is 0 Å². The predicted molar refractivity (Wildman–Crippen MR) is 82.5 cm³/mol. The third-order valence-electron chi connectivity index (χ3n) is 3.10. The van der Waals surface area contributed by atoms with E-state index in [4.69, 9.17) is 0 Å². The van der Waals surface area contributed by atoms with Crippen LogP contribution in [-0.4, -0.2) is 14.8 Å². The second-order valence-corrected chi connectivity index (χ2v) is 5.72. The number of thiazole rings is 1. The van der Waals surface area contributed by atoms with E-state index in [0.717, 1.165) is 22.1 Å². The Morgan fingerprint density at radius 3 is 2.65 bits per heavy atom. The minimum absolute atomic E-state index is 0.204. The summed E-state index contributed by atoms with van der Waals surface area (Å²) in [6.07, 6.45) is 3.71. The normalized spacial score (nSPS) is 12.3. The molecule has 1 unspecified atom stereocenters. The largest absolute Gasteiger partial charge is 0.377 e. The second-order valence-electron chi connectivity index (χ2n) is 4.65. The van der Waals surface area contributed by atoms with Gasteiger partial charge in [0, 0.05) is 23.5 Å². The molecule has 20 heavy (non-hydrogen) atoms. The molecule has 0 fully saturated rings. The smallest absolute Gasteiger partial charge is 0.0898 e. The van der Waals surface area contributed by atoms with Gasteiger partial charge >= 0.3 is 0 Å². The van der Waals surface area contributed by atoms with E-state index in [9.17, 15) is 0 Å². The van der Waals surface area contributed by atoms with Crippen LogP contribution in [0.1, 0.15) is 23.7 Å². The van der Waals surface area contributed by atoms with E-state index in [2.05, 4.69) is 39.8 Å². The number of nitrogens with one attached hydrogen (secondary N) is 1. The van der Waals surface area contributed by atoms with E-state index in [-0.39, 0.29) is 6.04 Å². The van der Waals surface area contributed by atoms with Crippen molar-refractivity contribution in [2.45, 2.75) is 19.9 Å². The molecule has 0 aliphatic rings. The molecule has 3 aromatic rings. The SMILES string of the molecule is Cc1nc(C(C)Nc2ccc(-n3cccn3)cc2)cs1. The zero-order chi connectivity index (χ0) is 13.9. The number of rotatable bonds is 4. The average Bonchev–Trinajstić information content (AvgIpc) is 3.10. The molecule has 0 saturated carbocycles. The first-order valence-corrected chi connectivity index (χ1v) is 7.39. The Kier molecular flexibility index (Phi) is 3.52. The number of nitrogens with zero attached hydrogens (tertiary/aromatic N) is 3. The van der Waals surface area contributed by atoms with Gasteiger partial charge in [0.1, 0.15) is 0 Å². The number of anilines is 1. The average molecular weight is 284 g/mol. The summed E-state index contributed by atoms with van der Waals surface area (Å²) in [6.45, 7) is 4.15. The van der Waals surface area contributed by atoms with Crippen LogP contribution in [-0.2, 0) is 0 Å². The Labute approximate surface area is 122 Å². The van der Waals surface area contributed by atoms with Crippen molar-refractivity contribution in [1.29, 1.82) is 0 Å². The van der Waals surface area contributed by atoms with Gasteiger partial charge in [0.05, 0.1) is 22.4 Å². The molecule has 5 heteroatoms. The van der Waals surface area contributed by atoms with Gasteiger partial charge in [-0.3, -0.25) is 0 Å². The van der Waals surface area contributed by atoms with Gasteiger partial charge in [-0.15, -0.1) is 11.3 Å². The fraction of sp³-hybridized carbons (Fsp3) is 0.200. The lowest BCUT2D eigenvalue weighted by Crippen LogP contribution is -2.07. The molecule has 0 bridgehead atoms. The lowest BCUT2D eigenvalue weighted by molar-refractivity contribution is 0.844. The van der Waals surface area contributed by atoms with Gasteiger partial charge in [-0.1, -0.05) is 0 Å². The maximum atomic E-state index is 4.51. The monoisotopic (exact) mass is 284 g/mol. The van der Waals surface area contributed by atoms with Crippen LogP contribution in [0.15, 0.2) is 48.1 Å². The first-order valence-electron chi connectivity index (χ1n) is 6.51. The molecule has 4 nitrogen and oxygen atoms in total. The van der Waals surface area contributed by atoms with Gasteiger partial charge in [-0.2, -0.15) is 5.10 Å². The van der Waals surface area contributed by atoms with Crippen molar-refractivity contribution >= 4 is 17.0 Å². The number of hydrogen-bond donors (Lipinski definition) is 1. The highest BCUT2D eigenvalue weighted by Crippen LogP contribution is 2.21. The Balaban J connectivity index is 1.72. The van der Waals surface area contributed by atoms with Gasteiger partial charge < -0.3 is 5.32 Å². The predicted octanol–water partition coefficient (Wildman–Crippen LogP) is 3.81. The van der Waals surface area contributed by atoms with Crippen LogP contribution >= 0.6 is 11.3 Å². The third kappa shape index (κ3) is 2.72. The molecule has 1 aromatic carbocycles. The minimum atomic E-state index is 0.204. The van der Waals surface area contributed by atoms with E-state index in [1.165, 1.54) is 0 Å². The summed E-state index contributed by atoms with van der Waals surface area (Å²) in [6, 6.07) is 10.3. The van der Waals surface area contributed by atoms with Crippen molar-refractivity contribution in [3.8, 4) is 5.69 Å². The number of hydrogen-bond acceptors (Lipinski definition) is 4. The molecule has 0 aliphatic carbocycles. The van der Waals surface area contributed by atoms with Crippen molar-refractivity contribution in [2.24, 2.45) is 0 Å². The quantitative estimate of drug-likeness (QED) is 0.792. The fourth-order valence-electron chi connectivity index (χ4n) is 2.03. The number of benzene rings is 1. The van der Waals surface area contributed by atoms with Crippen molar-refractivity contribution in [3.05, 3.63) is 58.8 Å². The number of aryl methyl sites for hydroxylation is 1. The zero-order valence-electron chi connectivity index (χ0n) is 11.4. The summed E-state index contributed by atoms with van der Waals surface area (Å²) >= 11 is 1.68. The maximum Gasteiger partial charge on any atom is 0.0898 e. The summed E-state index contributed by atoms with van der Waals surface area (Å²) in [5.41, 5.74) is 3.22. The van der Waals surface area contributed by atoms with Gasteiger partial charge in [0.2, 0.25) is 0 Å². The molecule has 102 valence electrons. The molecule has 0 aliphatic heterocycles. The third-order valence-corrected chi connectivity index (χ3v) is 3.89. The molecular formula is C15H16N4S. The lowest BCUT2D eigenvalue weighted by Gasteiger charge is -2.13. The van der Waals surface area contributed by atoms with Crippen LogP contribution in [0.4, 0.5) is 5.69 Å². The van der Waals surface area contributed by atoms with Crippen LogP contribution in [0.3, 0.4) is 0 Å². The summed E-state index contributed by atoms with van der Waals surface area (Å²) in [5, 5.41) is 10.9. The van der Waals surface area contributed by atoms with E-state index < -0.39 is 0 Å². The molecule has 2 aromatic heterocycles. The lowest BCUT2D eigenvalue weighted by atomic mass is 10.2. The fourth-order valence-corrected chi connectivity index (χ4v) is 2.74. The van der Waals surface area contributed by atoms with E-state index in [0.29, 0.717) is 0 Å². The zero-order valence-corrected chi connectivity index (χ0v) is 12.3. The summed E-state index contributed by atoms with van der Waals surface area (Å²) < 4.78 is 1.84. The highest BCUT2D eigenvalue weighted by molar-refractivity contribution is 7.09. The first-order chi connectivity index (χ1) is 9.72. The molecule has 1 atom stereocenters. The Morgan fingerprint density at radius 1 is 1.25 bits per heavy atom. The van der Waals surface area contributed by atoms with Gasteiger partial charge in [-0.25, -0.2) is 9.67 Å². The van der Waals surface area contributed by atoms with Crippen LogP contribution in [0.2, 0.25) is 0 Å². The van der Waals surface area contributed by atoms with E-state index >= 15 is 0 Å². The Bertz CT molecular complexity index is 670. The molecule has 0 saturated heterocycles. The minimum Gasteiger partial charge on any atom is -0.377 e. The molecule has 3 rings (SSSR count). The molecular weight excluding hydrogens is 268 g/mol.